The molecule has 9 heteroatoms. The zero-order valence-corrected chi connectivity index (χ0v) is 26.4. The normalized spacial score (nSPS) is 22.4. The molecular weight excluding hydrogens is 568 g/mol. The van der Waals surface area contributed by atoms with Gasteiger partial charge in [0.25, 0.3) is 5.91 Å². The molecule has 45 heavy (non-hydrogen) atoms. The monoisotopic (exact) mass is 612 g/mol. The van der Waals surface area contributed by atoms with Crippen molar-refractivity contribution >= 4 is 29.4 Å². The summed E-state index contributed by atoms with van der Waals surface area (Å²) in [5.41, 5.74) is 3.02. The summed E-state index contributed by atoms with van der Waals surface area (Å²) in [7, 11) is 0. The number of piperidine rings is 1. The van der Waals surface area contributed by atoms with Gasteiger partial charge in [0, 0.05) is 13.1 Å². The molecular formula is C36H44N4O5. The number of benzene rings is 2. The van der Waals surface area contributed by atoms with Crippen LogP contribution in [0.2, 0.25) is 0 Å². The summed E-state index contributed by atoms with van der Waals surface area (Å²) in [5, 5.41) is 8.40. The molecule has 1 aliphatic heterocycles. The molecule has 9 nitrogen and oxygen atoms in total. The van der Waals surface area contributed by atoms with E-state index in [0.717, 1.165) is 16.7 Å². The molecule has 3 N–H and O–H groups in total. The highest BCUT2D eigenvalue weighted by Crippen LogP contribution is 2.65. The van der Waals surface area contributed by atoms with Gasteiger partial charge in [-0.1, -0.05) is 87.9 Å². The number of amides is 4. The van der Waals surface area contributed by atoms with E-state index in [2.05, 4.69) is 48.5 Å². The first-order valence-corrected chi connectivity index (χ1v) is 16.0. The first-order chi connectivity index (χ1) is 21.6. The SMILES string of the molecule is C=CCNC(=O)C(=O)C(CCC)NC(=O)C1C2C(CN1C(=O)C(NC(=O)Cc1ccccc1)C1Cc3ccccc3C1)C2(C)C. The first-order valence-electron chi connectivity index (χ1n) is 16.0. The summed E-state index contributed by atoms with van der Waals surface area (Å²) in [6, 6.07) is 14.8. The van der Waals surface area contributed by atoms with Crippen molar-refractivity contribution in [2.24, 2.45) is 23.2 Å². The van der Waals surface area contributed by atoms with Gasteiger partial charge < -0.3 is 20.9 Å². The minimum absolute atomic E-state index is 0.0881. The average molecular weight is 613 g/mol. The predicted octanol–water partition coefficient (Wildman–Crippen LogP) is 2.77. The van der Waals surface area contributed by atoms with Gasteiger partial charge in [0.1, 0.15) is 12.1 Å². The number of hydrogen-bond acceptors (Lipinski definition) is 5. The highest BCUT2D eigenvalue weighted by molar-refractivity contribution is 6.38. The minimum Gasteiger partial charge on any atom is -0.346 e. The Balaban J connectivity index is 1.38. The van der Waals surface area contributed by atoms with Crippen LogP contribution in [-0.2, 0) is 43.2 Å². The van der Waals surface area contributed by atoms with E-state index >= 15 is 0 Å². The summed E-state index contributed by atoms with van der Waals surface area (Å²) in [4.78, 5) is 69.0. The Hall–Kier alpha value is -4.27. The molecule has 2 aliphatic carbocycles. The zero-order valence-electron chi connectivity index (χ0n) is 26.4. The smallest absolute Gasteiger partial charge is 0.289 e. The van der Waals surface area contributed by atoms with Gasteiger partial charge in [0.05, 0.1) is 12.5 Å². The molecule has 5 rings (SSSR count). The molecule has 0 bridgehead atoms. The van der Waals surface area contributed by atoms with E-state index in [9.17, 15) is 24.0 Å². The third-order valence-electron chi connectivity index (χ3n) is 9.95. The summed E-state index contributed by atoms with van der Waals surface area (Å²) < 4.78 is 0. The highest BCUT2D eigenvalue weighted by atomic mass is 16.2. The maximum Gasteiger partial charge on any atom is 0.289 e. The Morgan fingerprint density at radius 3 is 2.24 bits per heavy atom. The number of ketones is 1. The number of nitrogens with one attached hydrogen (secondary N) is 3. The summed E-state index contributed by atoms with van der Waals surface area (Å²) in [6.45, 7) is 10.2. The standard InChI is InChI=1S/C36H44N4O5/c1-5-12-27(32(42)34(44)37-17-6-2)38-33(43)31-29-26(36(29,3)4)21-40(31)35(45)30(25-19-23-15-10-11-16-24(23)20-25)39-28(41)18-22-13-8-7-9-14-22/h6-11,13-16,25-27,29-31H,2,5,12,17-21H2,1,3-4H3,(H,37,44)(H,38,43)(H,39,41). The van der Waals surface area contributed by atoms with Gasteiger partial charge in [-0.25, -0.2) is 0 Å². The molecule has 1 saturated carbocycles. The second-order valence-corrected chi connectivity index (χ2v) is 13.2. The third kappa shape index (κ3) is 6.72. The number of likely N-dealkylation sites (tertiary alicyclic amines) is 1. The van der Waals surface area contributed by atoms with Gasteiger partial charge in [-0.05, 0) is 59.1 Å². The minimum atomic E-state index is -1.00. The lowest BCUT2D eigenvalue weighted by Crippen LogP contribution is -2.59. The van der Waals surface area contributed by atoms with E-state index in [-0.39, 0.29) is 47.9 Å². The lowest BCUT2D eigenvalue weighted by molar-refractivity contribution is -0.145. The number of hydrogen-bond donors (Lipinski definition) is 3. The largest absolute Gasteiger partial charge is 0.346 e. The van der Waals surface area contributed by atoms with E-state index in [4.69, 9.17) is 0 Å². The van der Waals surface area contributed by atoms with Crippen LogP contribution in [0.1, 0.15) is 50.3 Å². The van der Waals surface area contributed by atoms with E-state index in [1.165, 1.54) is 6.08 Å². The Morgan fingerprint density at radius 1 is 0.978 bits per heavy atom. The Morgan fingerprint density at radius 2 is 1.62 bits per heavy atom. The molecule has 1 heterocycles. The van der Waals surface area contributed by atoms with Gasteiger partial charge in [0.15, 0.2) is 0 Å². The lowest BCUT2D eigenvalue weighted by Gasteiger charge is -2.35. The van der Waals surface area contributed by atoms with Gasteiger partial charge >= 0.3 is 0 Å². The van der Waals surface area contributed by atoms with Crippen LogP contribution >= 0.6 is 0 Å². The first kappa shape index (κ1) is 32.1. The molecule has 5 unspecified atom stereocenters. The number of rotatable bonds is 13. The van der Waals surface area contributed by atoms with Gasteiger partial charge in [-0.15, -0.1) is 6.58 Å². The van der Waals surface area contributed by atoms with E-state index in [0.29, 0.717) is 32.2 Å². The van der Waals surface area contributed by atoms with Crippen LogP contribution < -0.4 is 16.0 Å². The Labute approximate surface area is 265 Å². The van der Waals surface area contributed by atoms with Crippen LogP contribution in [0, 0.1) is 23.2 Å². The summed E-state index contributed by atoms with van der Waals surface area (Å²) >= 11 is 0. The summed E-state index contributed by atoms with van der Waals surface area (Å²) in [6.07, 6.45) is 3.79. The van der Waals surface area contributed by atoms with Crippen LogP contribution in [0.4, 0.5) is 0 Å². The number of Topliss-reactive ketones (excluding diaryl/α,β-unsaturated/α-hetero) is 1. The zero-order chi connectivity index (χ0) is 32.3. The number of fused-ring (bicyclic) bond motifs is 2. The maximum atomic E-state index is 14.5. The lowest BCUT2D eigenvalue weighted by atomic mass is 9.93. The van der Waals surface area contributed by atoms with Crippen LogP contribution in [-0.4, -0.2) is 65.5 Å². The molecule has 0 spiro atoms. The van der Waals surface area contributed by atoms with Crippen molar-refractivity contribution in [3.8, 4) is 0 Å². The molecule has 238 valence electrons. The molecule has 2 aromatic rings. The Kier molecular flexibility index (Phi) is 9.56. The van der Waals surface area contributed by atoms with Crippen molar-refractivity contribution in [2.75, 3.05) is 13.1 Å². The fourth-order valence-corrected chi connectivity index (χ4v) is 7.43. The van der Waals surface area contributed by atoms with Gasteiger partial charge in [-0.2, -0.15) is 0 Å². The Bertz CT molecular complexity index is 1450. The summed E-state index contributed by atoms with van der Waals surface area (Å²) in [5.74, 6) is -2.59. The fraction of sp³-hybridized carbons (Fsp3) is 0.472. The van der Waals surface area contributed by atoms with Crippen molar-refractivity contribution in [2.45, 2.75) is 71.0 Å². The molecule has 3 aliphatic rings. The van der Waals surface area contributed by atoms with Crippen LogP contribution in [0.3, 0.4) is 0 Å². The van der Waals surface area contributed by atoms with Crippen LogP contribution in [0.15, 0.2) is 67.3 Å². The fourth-order valence-electron chi connectivity index (χ4n) is 7.43. The third-order valence-corrected chi connectivity index (χ3v) is 9.95. The quantitative estimate of drug-likeness (QED) is 0.237. The molecule has 5 atom stereocenters. The number of nitrogens with zero attached hydrogens (tertiary/aromatic N) is 1. The molecule has 0 radical (unpaired) electrons. The molecule has 0 aromatic heterocycles. The average Bonchev–Trinajstić information content (AvgIpc) is 3.39. The number of carbonyl (C=O) groups is 5. The second kappa shape index (κ2) is 13.4. The molecule has 1 saturated heterocycles. The van der Waals surface area contributed by atoms with Crippen LogP contribution in [0.5, 0.6) is 0 Å². The van der Waals surface area contributed by atoms with Crippen molar-refractivity contribution in [3.05, 3.63) is 83.9 Å². The van der Waals surface area contributed by atoms with Crippen molar-refractivity contribution < 1.29 is 24.0 Å². The van der Waals surface area contributed by atoms with Crippen molar-refractivity contribution in [3.63, 3.8) is 0 Å². The molecule has 2 aromatic carbocycles. The number of carbonyl (C=O) groups excluding carboxylic acids is 5. The van der Waals surface area contributed by atoms with E-state index < -0.39 is 35.7 Å². The topological polar surface area (TPSA) is 125 Å². The van der Waals surface area contributed by atoms with E-state index in [1.54, 1.807) is 4.90 Å². The second-order valence-electron chi connectivity index (χ2n) is 13.2. The van der Waals surface area contributed by atoms with Gasteiger partial charge in [-0.3, -0.25) is 24.0 Å². The maximum absolute atomic E-state index is 14.5. The van der Waals surface area contributed by atoms with Gasteiger partial charge in [0.2, 0.25) is 23.5 Å². The van der Waals surface area contributed by atoms with Crippen molar-refractivity contribution in [1.82, 2.24) is 20.9 Å². The molecule has 2 fully saturated rings. The van der Waals surface area contributed by atoms with Crippen LogP contribution in [0.25, 0.3) is 0 Å². The van der Waals surface area contributed by atoms with E-state index in [1.807, 2.05) is 49.4 Å². The predicted molar refractivity (Wildman–Crippen MR) is 171 cm³/mol. The highest BCUT2D eigenvalue weighted by Gasteiger charge is 2.69. The van der Waals surface area contributed by atoms with Crippen molar-refractivity contribution in [1.29, 1.82) is 0 Å². The molecule has 4 amide bonds.